The van der Waals surface area contributed by atoms with Crippen LogP contribution in [-0.4, -0.2) is 11.0 Å². The van der Waals surface area contributed by atoms with Crippen molar-refractivity contribution in [2.24, 2.45) is 0 Å². The van der Waals surface area contributed by atoms with E-state index in [0.29, 0.717) is 21.4 Å². The molecule has 0 radical (unpaired) electrons. The van der Waals surface area contributed by atoms with Gasteiger partial charge in [-0.25, -0.2) is 4.39 Å². The predicted molar refractivity (Wildman–Crippen MR) is 138 cm³/mol. The third-order valence-corrected chi connectivity index (χ3v) is 7.99. The fourth-order valence-electron chi connectivity index (χ4n) is 3.99. The number of hydrogen-bond donors (Lipinski definition) is 2. The third kappa shape index (κ3) is 4.80. The molecule has 8 heteroatoms. The molecule has 5 rings (SSSR count). The fraction of sp³-hybridized carbons (Fsp3) is 0.0741. The van der Waals surface area contributed by atoms with Crippen molar-refractivity contribution in [1.82, 2.24) is 5.32 Å². The van der Waals surface area contributed by atoms with Gasteiger partial charge in [-0.1, -0.05) is 47.6 Å². The van der Waals surface area contributed by atoms with Crippen LogP contribution in [0, 0.1) is 5.82 Å². The van der Waals surface area contributed by atoms with Crippen LogP contribution in [0.15, 0.2) is 105 Å². The van der Waals surface area contributed by atoms with Gasteiger partial charge in [0.1, 0.15) is 28.0 Å². The molecule has 4 nitrogen and oxygen atoms in total. The highest BCUT2D eigenvalue weighted by atomic mass is 35.5. The Hall–Kier alpha value is -3.26. The van der Waals surface area contributed by atoms with Gasteiger partial charge in [0.2, 0.25) is 0 Å². The Kier molecular flexibility index (Phi) is 6.56. The molecule has 0 saturated heterocycles. The van der Waals surface area contributed by atoms with Crippen LogP contribution in [0.2, 0.25) is 5.02 Å². The summed E-state index contributed by atoms with van der Waals surface area (Å²) in [4.78, 5) is 14.3. The van der Waals surface area contributed by atoms with Crippen molar-refractivity contribution >= 4 is 40.6 Å². The van der Waals surface area contributed by atoms with Crippen LogP contribution in [0.4, 0.5) is 4.39 Å². The van der Waals surface area contributed by atoms with Crippen molar-refractivity contribution in [1.29, 1.82) is 0 Å². The van der Waals surface area contributed by atoms with Crippen LogP contribution in [0.5, 0.6) is 11.5 Å². The number of hydrogen-bond acceptors (Lipinski definition) is 5. The number of amides is 1. The van der Waals surface area contributed by atoms with Gasteiger partial charge in [-0.3, -0.25) is 4.79 Å². The first-order chi connectivity index (χ1) is 16.9. The summed E-state index contributed by atoms with van der Waals surface area (Å²) in [5.74, 6) is 0.254. The zero-order valence-corrected chi connectivity index (χ0v) is 20.6. The van der Waals surface area contributed by atoms with Gasteiger partial charge in [-0.2, -0.15) is 11.3 Å². The van der Waals surface area contributed by atoms with Gasteiger partial charge in [0, 0.05) is 11.3 Å². The average Bonchev–Trinajstić information content (AvgIpc) is 3.40. The van der Waals surface area contributed by atoms with Crippen LogP contribution in [0.25, 0.3) is 0 Å². The first kappa shape index (κ1) is 23.5. The summed E-state index contributed by atoms with van der Waals surface area (Å²) in [7, 11) is 0. The lowest BCUT2D eigenvalue weighted by Gasteiger charge is -2.38. The SMILES string of the molecule is O=C1NC(c2ccsc2)(c2cccc(Oc3ccc(F)cc3)c2)CC(O)=C1Sc1ccccc1Cl. The first-order valence-electron chi connectivity index (χ1n) is 10.7. The average molecular weight is 524 g/mol. The summed E-state index contributed by atoms with van der Waals surface area (Å²) in [5.41, 5.74) is 0.605. The molecule has 4 aromatic rings. The third-order valence-electron chi connectivity index (χ3n) is 5.67. The molecule has 1 aliphatic rings. The number of aliphatic hydroxyl groups is 1. The molecule has 1 aliphatic heterocycles. The zero-order chi connectivity index (χ0) is 24.4. The van der Waals surface area contributed by atoms with Crippen molar-refractivity contribution in [3.05, 3.63) is 122 Å². The molecule has 0 spiro atoms. The van der Waals surface area contributed by atoms with Gasteiger partial charge in [-0.05, 0) is 76.5 Å². The number of aliphatic hydroxyl groups excluding tert-OH is 1. The molecule has 3 aromatic carbocycles. The molecule has 0 saturated carbocycles. The lowest BCUT2D eigenvalue weighted by atomic mass is 9.79. The normalized spacial score (nSPS) is 17.8. The number of ether oxygens (including phenoxy) is 1. The summed E-state index contributed by atoms with van der Waals surface area (Å²) in [6, 6.07) is 22.2. The number of thiophene rings is 1. The van der Waals surface area contributed by atoms with Crippen molar-refractivity contribution in [2.45, 2.75) is 16.9 Å². The van der Waals surface area contributed by atoms with E-state index in [4.69, 9.17) is 16.3 Å². The quantitative estimate of drug-likeness (QED) is 0.272. The van der Waals surface area contributed by atoms with Gasteiger partial charge in [0.25, 0.3) is 5.91 Å². The van der Waals surface area contributed by atoms with E-state index in [9.17, 15) is 14.3 Å². The van der Waals surface area contributed by atoms with E-state index < -0.39 is 11.4 Å². The number of carbonyl (C=O) groups is 1. The highest BCUT2D eigenvalue weighted by molar-refractivity contribution is 8.04. The molecule has 2 N–H and O–H groups in total. The summed E-state index contributed by atoms with van der Waals surface area (Å²) in [6.07, 6.45) is 0.155. The molecule has 0 fully saturated rings. The Morgan fingerprint density at radius 1 is 1.00 bits per heavy atom. The summed E-state index contributed by atoms with van der Waals surface area (Å²) < 4.78 is 19.2. The molecule has 0 aliphatic carbocycles. The Morgan fingerprint density at radius 2 is 1.80 bits per heavy atom. The Bertz CT molecular complexity index is 1410. The van der Waals surface area contributed by atoms with Gasteiger partial charge >= 0.3 is 0 Å². The minimum absolute atomic E-state index is 0.0188. The van der Waals surface area contributed by atoms with Crippen LogP contribution < -0.4 is 10.1 Å². The van der Waals surface area contributed by atoms with E-state index in [1.165, 1.54) is 23.5 Å². The van der Waals surface area contributed by atoms with E-state index in [-0.39, 0.29) is 22.9 Å². The molecule has 0 bridgehead atoms. The van der Waals surface area contributed by atoms with Crippen LogP contribution in [-0.2, 0) is 10.3 Å². The molecule has 1 atom stereocenters. The maximum absolute atomic E-state index is 13.4. The van der Waals surface area contributed by atoms with Crippen molar-refractivity contribution in [2.75, 3.05) is 0 Å². The van der Waals surface area contributed by atoms with Gasteiger partial charge in [0.15, 0.2) is 0 Å². The van der Waals surface area contributed by atoms with E-state index in [2.05, 4.69) is 5.32 Å². The van der Waals surface area contributed by atoms with Crippen LogP contribution in [0.3, 0.4) is 0 Å². The lowest BCUT2D eigenvalue weighted by molar-refractivity contribution is -0.119. The fourth-order valence-corrected chi connectivity index (χ4v) is 5.83. The standard InChI is InChI=1S/C27H19ClFNO3S2/c28-22-6-1-2-7-24(22)35-25-23(31)15-27(30-26(25)32,18-12-13-34-16-18)17-4-3-5-21(14-17)33-20-10-8-19(29)9-11-20/h1-14,16,31H,15H2,(H,30,32). The minimum Gasteiger partial charge on any atom is -0.511 e. The Morgan fingerprint density at radius 3 is 2.51 bits per heavy atom. The number of carbonyl (C=O) groups excluding carboxylic acids is 1. The summed E-state index contributed by atoms with van der Waals surface area (Å²) in [6.45, 7) is 0. The summed E-state index contributed by atoms with van der Waals surface area (Å²) in [5, 5.41) is 18.6. The van der Waals surface area contributed by atoms with Crippen molar-refractivity contribution in [3.63, 3.8) is 0 Å². The van der Waals surface area contributed by atoms with Crippen LogP contribution in [0.1, 0.15) is 17.5 Å². The smallest absolute Gasteiger partial charge is 0.262 e. The van der Waals surface area contributed by atoms with E-state index in [0.717, 1.165) is 22.9 Å². The highest BCUT2D eigenvalue weighted by Crippen LogP contribution is 2.44. The summed E-state index contributed by atoms with van der Waals surface area (Å²) >= 11 is 8.92. The monoisotopic (exact) mass is 523 g/mol. The number of nitrogens with one attached hydrogen (secondary N) is 1. The second-order valence-electron chi connectivity index (χ2n) is 7.94. The predicted octanol–water partition coefficient (Wildman–Crippen LogP) is 7.66. The van der Waals surface area contributed by atoms with E-state index >= 15 is 0 Å². The zero-order valence-electron chi connectivity index (χ0n) is 18.2. The molecular weight excluding hydrogens is 505 g/mol. The van der Waals surface area contributed by atoms with Crippen molar-refractivity contribution < 1.29 is 19.0 Å². The Labute approximate surface area is 215 Å². The molecule has 1 amide bonds. The molecular formula is C27H19ClFNO3S2. The van der Waals surface area contributed by atoms with E-state index in [1.807, 2.05) is 47.2 Å². The van der Waals surface area contributed by atoms with Gasteiger partial charge < -0.3 is 15.2 Å². The molecule has 35 heavy (non-hydrogen) atoms. The molecule has 2 heterocycles. The number of thioether (sulfide) groups is 1. The maximum atomic E-state index is 13.4. The number of rotatable bonds is 6. The minimum atomic E-state index is -0.992. The van der Waals surface area contributed by atoms with Crippen molar-refractivity contribution in [3.8, 4) is 11.5 Å². The lowest BCUT2D eigenvalue weighted by Crippen LogP contribution is -2.50. The Balaban J connectivity index is 1.52. The number of benzene rings is 3. The van der Waals surface area contributed by atoms with Gasteiger partial charge in [-0.15, -0.1) is 0 Å². The molecule has 1 aromatic heterocycles. The largest absolute Gasteiger partial charge is 0.511 e. The second kappa shape index (κ2) is 9.77. The van der Waals surface area contributed by atoms with Gasteiger partial charge in [0.05, 0.1) is 10.6 Å². The second-order valence-corrected chi connectivity index (χ2v) is 10.2. The molecule has 1 unspecified atom stereocenters. The first-order valence-corrected chi connectivity index (χ1v) is 12.8. The highest BCUT2D eigenvalue weighted by Gasteiger charge is 2.43. The molecule has 176 valence electrons. The topological polar surface area (TPSA) is 58.6 Å². The van der Waals surface area contributed by atoms with Crippen LogP contribution >= 0.6 is 34.7 Å². The maximum Gasteiger partial charge on any atom is 0.262 e. The number of halogens is 2. The van der Waals surface area contributed by atoms with E-state index in [1.54, 1.807) is 30.3 Å².